The molecule has 2 saturated heterocycles. The summed E-state index contributed by atoms with van der Waals surface area (Å²) in [6, 6.07) is 0. The Morgan fingerprint density at radius 2 is 0.955 bits per heavy atom. The maximum atomic E-state index is 12.5. The highest BCUT2D eigenvalue weighted by Crippen LogP contribution is 2.24. The van der Waals surface area contributed by atoms with E-state index in [0.29, 0.717) is 44.8 Å². The first-order chi connectivity index (χ1) is 20.9. The summed E-state index contributed by atoms with van der Waals surface area (Å²) in [5, 5.41) is 86.7. The number of carbonyl (C=O) groups excluding carboxylic acids is 3. The fourth-order valence-electron chi connectivity index (χ4n) is 4.93. The lowest BCUT2D eigenvalue weighted by atomic mass is 9.93. The van der Waals surface area contributed by atoms with Crippen LogP contribution in [0.4, 0.5) is 0 Å². The molecule has 256 valence electrons. The minimum Gasteiger partial charge on any atom is -0.394 e. The lowest BCUT2D eigenvalue weighted by Gasteiger charge is -2.39. The Kier molecular flexibility index (Phi) is 17.3. The molecule has 44 heavy (non-hydrogen) atoms. The van der Waals surface area contributed by atoms with Crippen LogP contribution in [0.2, 0.25) is 0 Å². The van der Waals surface area contributed by atoms with Crippen molar-refractivity contribution in [2.24, 2.45) is 0 Å². The van der Waals surface area contributed by atoms with Crippen LogP contribution >= 0.6 is 12.6 Å². The number of nitrogens with one attached hydrogen (secondary N) is 3. The number of nitrogens with zero attached hydrogens (tertiary/aromatic N) is 1. The topological polar surface area (TPSA) is 271 Å². The molecule has 0 radical (unpaired) electrons. The SMILES string of the molecule is O=C(CCCS)NCCN(CCNC(=O)C[C@@H]1O[C@H](CO)[C@H](O)[C@H](O)[C@H]1O)CCNC(=O)C[C@@H]1O[C@H](CO)[C@H](O)[C@H](O)[C@H]1O. The van der Waals surface area contributed by atoms with Crippen LogP contribution in [-0.4, -0.2) is 183 Å². The molecule has 0 saturated carbocycles. The van der Waals surface area contributed by atoms with Crippen LogP contribution in [0.3, 0.4) is 0 Å². The average molecular weight is 657 g/mol. The molecular formula is C26H48N4O13S. The normalized spacial score (nSPS) is 32.3. The zero-order chi connectivity index (χ0) is 32.8. The van der Waals surface area contributed by atoms with E-state index in [1.807, 2.05) is 4.90 Å². The molecule has 10 atom stereocenters. The number of carbonyl (C=O) groups is 3. The highest BCUT2D eigenvalue weighted by Gasteiger charge is 2.45. The predicted octanol–water partition coefficient (Wildman–Crippen LogP) is -6.19. The molecule has 0 spiro atoms. The number of rotatable bonds is 18. The second kappa shape index (κ2) is 19.7. The van der Waals surface area contributed by atoms with Crippen molar-refractivity contribution in [3.63, 3.8) is 0 Å². The summed E-state index contributed by atoms with van der Waals surface area (Å²) in [5.74, 6) is -0.588. The predicted molar refractivity (Wildman–Crippen MR) is 155 cm³/mol. The smallest absolute Gasteiger partial charge is 0.222 e. The summed E-state index contributed by atoms with van der Waals surface area (Å²) in [6.07, 6.45) is -13.6. The second-order valence-corrected chi connectivity index (χ2v) is 11.3. The van der Waals surface area contributed by atoms with Gasteiger partial charge in [0.25, 0.3) is 0 Å². The molecule has 17 nitrogen and oxygen atoms in total. The summed E-state index contributed by atoms with van der Waals surface area (Å²) in [5.41, 5.74) is 0. The van der Waals surface area contributed by atoms with Crippen molar-refractivity contribution in [3.8, 4) is 0 Å². The van der Waals surface area contributed by atoms with Crippen LogP contribution < -0.4 is 16.0 Å². The molecule has 2 rings (SSSR count). The number of aliphatic hydroxyl groups is 8. The van der Waals surface area contributed by atoms with Crippen molar-refractivity contribution in [1.82, 2.24) is 20.9 Å². The molecule has 3 amide bonds. The van der Waals surface area contributed by atoms with Gasteiger partial charge < -0.3 is 66.3 Å². The van der Waals surface area contributed by atoms with Gasteiger partial charge in [-0.1, -0.05) is 0 Å². The van der Waals surface area contributed by atoms with Gasteiger partial charge in [-0.25, -0.2) is 0 Å². The van der Waals surface area contributed by atoms with Crippen molar-refractivity contribution >= 4 is 30.4 Å². The minimum absolute atomic E-state index is 0.139. The van der Waals surface area contributed by atoms with E-state index >= 15 is 0 Å². The van der Waals surface area contributed by atoms with Gasteiger partial charge >= 0.3 is 0 Å². The molecule has 2 aliphatic heterocycles. The Hall–Kier alpha value is -1.68. The van der Waals surface area contributed by atoms with Crippen LogP contribution in [0.5, 0.6) is 0 Å². The van der Waals surface area contributed by atoms with E-state index in [2.05, 4.69) is 28.6 Å². The number of thiol groups is 1. The van der Waals surface area contributed by atoms with Gasteiger partial charge in [0.1, 0.15) is 48.8 Å². The Bertz CT molecular complexity index is 833. The average Bonchev–Trinajstić information content (AvgIpc) is 3.00. The van der Waals surface area contributed by atoms with E-state index < -0.39 is 86.1 Å². The Morgan fingerprint density at radius 3 is 1.32 bits per heavy atom. The number of amides is 3. The highest BCUT2D eigenvalue weighted by molar-refractivity contribution is 7.80. The van der Waals surface area contributed by atoms with Gasteiger partial charge in [-0.15, -0.1) is 0 Å². The monoisotopic (exact) mass is 656 g/mol. The number of hydrogen-bond acceptors (Lipinski definition) is 15. The number of hydrogen-bond donors (Lipinski definition) is 12. The summed E-state index contributed by atoms with van der Waals surface area (Å²) >= 11 is 4.09. The lowest BCUT2D eigenvalue weighted by Crippen LogP contribution is -2.59. The summed E-state index contributed by atoms with van der Waals surface area (Å²) < 4.78 is 10.7. The van der Waals surface area contributed by atoms with Gasteiger partial charge in [0, 0.05) is 45.7 Å². The first-order valence-corrected chi connectivity index (χ1v) is 15.3. The van der Waals surface area contributed by atoms with Crippen molar-refractivity contribution in [2.45, 2.75) is 86.7 Å². The highest BCUT2D eigenvalue weighted by atomic mass is 32.1. The molecule has 2 fully saturated rings. The van der Waals surface area contributed by atoms with Crippen LogP contribution in [0, 0.1) is 0 Å². The fourth-order valence-corrected chi connectivity index (χ4v) is 5.09. The zero-order valence-electron chi connectivity index (χ0n) is 24.5. The lowest BCUT2D eigenvalue weighted by molar-refractivity contribution is -0.229. The molecule has 18 heteroatoms. The molecule has 0 bridgehead atoms. The Labute approximate surface area is 260 Å². The van der Waals surface area contributed by atoms with Gasteiger partial charge in [0.2, 0.25) is 17.7 Å². The van der Waals surface area contributed by atoms with Crippen molar-refractivity contribution < 1.29 is 64.7 Å². The van der Waals surface area contributed by atoms with E-state index in [1.54, 1.807) is 0 Å². The Morgan fingerprint density at radius 1 is 0.591 bits per heavy atom. The van der Waals surface area contributed by atoms with E-state index in [1.165, 1.54) is 0 Å². The van der Waals surface area contributed by atoms with E-state index in [-0.39, 0.29) is 31.8 Å². The van der Waals surface area contributed by atoms with E-state index in [9.17, 15) is 55.2 Å². The molecule has 0 aliphatic carbocycles. The van der Waals surface area contributed by atoms with Gasteiger partial charge in [-0.2, -0.15) is 12.6 Å². The van der Waals surface area contributed by atoms with E-state index in [0.717, 1.165) is 0 Å². The van der Waals surface area contributed by atoms with Crippen LogP contribution in [0.25, 0.3) is 0 Å². The van der Waals surface area contributed by atoms with Gasteiger partial charge in [0.05, 0.1) is 38.3 Å². The van der Waals surface area contributed by atoms with Crippen LogP contribution in [-0.2, 0) is 23.9 Å². The number of ether oxygens (including phenoxy) is 2. The van der Waals surface area contributed by atoms with Gasteiger partial charge in [0.15, 0.2) is 0 Å². The third kappa shape index (κ3) is 11.9. The largest absolute Gasteiger partial charge is 0.394 e. The molecule has 0 aromatic rings. The zero-order valence-corrected chi connectivity index (χ0v) is 25.4. The van der Waals surface area contributed by atoms with E-state index in [4.69, 9.17) is 9.47 Å². The first-order valence-electron chi connectivity index (χ1n) is 14.7. The molecule has 2 heterocycles. The minimum atomic E-state index is -1.59. The maximum Gasteiger partial charge on any atom is 0.222 e. The maximum absolute atomic E-state index is 12.5. The molecule has 0 unspecified atom stereocenters. The van der Waals surface area contributed by atoms with Gasteiger partial charge in [-0.05, 0) is 12.2 Å². The van der Waals surface area contributed by atoms with Gasteiger partial charge in [-0.3, -0.25) is 19.3 Å². The summed E-state index contributed by atoms with van der Waals surface area (Å²) in [6.45, 7) is 0.335. The van der Waals surface area contributed by atoms with Crippen LogP contribution in [0.15, 0.2) is 0 Å². The molecule has 0 aromatic carbocycles. The standard InChI is InChI=1S/C26H48N4O13S/c31-12-16-23(38)25(40)21(36)14(42-16)10-19(34)28-4-7-30(6-3-27-18(33)2-1-9-44)8-5-29-20(35)11-15-22(37)26(41)24(39)17(13-32)43-15/h14-17,21-26,31-32,36-41,44H,1-13H2,(H,27,33)(H,28,34)(H,29,35)/t14-,15-,16+,17+,21-,22-,23-,24-,25+,26+/m0/s1. The summed E-state index contributed by atoms with van der Waals surface area (Å²) in [4.78, 5) is 38.8. The molecule has 11 N–H and O–H groups in total. The quantitative estimate of drug-likeness (QED) is 0.0613. The Balaban J connectivity index is 1.85. The third-order valence-corrected chi connectivity index (χ3v) is 7.88. The van der Waals surface area contributed by atoms with Crippen molar-refractivity contribution in [1.29, 1.82) is 0 Å². The second-order valence-electron chi connectivity index (χ2n) is 10.9. The van der Waals surface area contributed by atoms with Crippen LogP contribution in [0.1, 0.15) is 25.7 Å². The molecule has 0 aromatic heterocycles. The molecular weight excluding hydrogens is 608 g/mol. The summed E-state index contributed by atoms with van der Waals surface area (Å²) in [7, 11) is 0. The molecule has 2 aliphatic rings. The number of aliphatic hydroxyl groups excluding tert-OH is 8. The third-order valence-electron chi connectivity index (χ3n) is 7.57. The first kappa shape index (κ1) is 38.5. The van der Waals surface area contributed by atoms with Crippen molar-refractivity contribution in [2.75, 3.05) is 58.2 Å². The fraction of sp³-hybridized carbons (Fsp3) is 0.885. The van der Waals surface area contributed by atoms with Crippen molar-refractivity contribution in [3.05, 3.63) is 0 Å².